The van der Waals surface area contributed by atoms with Gasteiger partial charge >= 0.3 is 11.9 Å². The highest BCUT2D eigenvalue weighted by molar-refractivity contribution is 6.00. The van der Waals surface area contributed by atoms with Crippen LogP contribution in [0, 0.1) is 0 Å². The van der Waals surface area contributed by atoms with Gasteiger partial charge in [0.25, 0.3) is 0 Å². The zero-order chi connectivity index (χ0) is 13.1. The summed E-state index contributed by atoms with van der Waals surface area (Å²) in [6.07, 6.45) is 0. The number of nitrogens with zero attached hydrogens (tertiary/aromatic N) is 3. The van der Waals surface area contributed by atoms with E-state index in [1.807, 2.05) is 6.07 Å². The summed E-state index contributed by atoms with van der Waals surface area (Å²) in [5.74, 6) is -0.285. The molecule has 1 aromatic carbocycles. The van der Waals surface area contributed by atoms with E-state index in [9.17, 15) is 4.79 Å². The minimum Gasteiger partial charge on any atom is -0.331 e. The van der Waals surface area contributed by atoms with Crippen LogP contribution in [0.15, 0.2) is 29.3 Å². The molecule has 0 fully saturated rings. The van der Waals surface area contributed by atoms with E-state index in [4.69, 9.17) is 4.84 Å². The third-order valence-corrected chi connectivity index (χ3v) is 2.38. The lowest BCUT2D eigenvalue weighted by Gasteiger charge is -2.29. The molecule has 2 rings (SSSR count). The zero-order valence-electron chi connectivity index (χ0n) is 10.5. The van der Waals surface area contributed by atoms with E-state index in [0.29, 0.717) is 17.3 Å². The maximum atomic E-state index is 12.1. The SMILES string of the molecule is C/N=C(\ON1NNc2ccccc2C1=O)N(C)C. The van der Waals surface area contributed by atoms with Crippen LogP contribution >= 0.6 is 0 Å². The molecule has 1 amide bonds. The number of hydrogen-bond donors (Lipinski definition) is 2. The third-order valence-electron chi connectivity index (χ3n) is 2.38. The molecule has 0 unspecified atom stereocenters. The van der Waals surface area contributed by atoms with E-state index in [0.717, 1.165) is 5.17 Å². The normalized spacial score (nSPS) is 14.9. The van der Waals surface area contributed by atoms with Gasteiger partial charge in [-0.1, -0.05) is 17.3 Å². The quantitative estimate of drug-likeness (QED) is 0.559. The van der Waals surface area contributed by atoms with Crippen molar-refractivity contribution in [3.05, 3.63) is 29.8 Å². The molecule has 1 aliphatic heterocycles. The maximum absolute atomic E-state index is 12.1. The third kappa shape index (κ3) is 2.21. The number of carbonyl (C=O) groups is 1. The lowest BCUT2D eigenvalue weighted by Crippen LogP contribution is -2.52. The van der Waals surface area contributed by atoms with Crippen LogP contribution in [-0.2, 0) is 4.84 Å². The van der Waals surface area contributed by atoms with Gasteiger partial charge in [-0.2, -0.15) is 0 Å². The lowest BCUT2D eigenvalue weighted by molar-refractivity contribution is -0.0876. The van der Waals surface area contributed by atoms with Gasteiger partial charge in [-0.25, -0.2) is 4.99 Å². The Balaban J connectivity index is 2.17. The summed E-state index contributed by atoms with van der Waals surface area (Å²) in [5, 5.41) is 1.00. The van der Waals surface area contributed by atoms with Crippen LogP contribution in [0.5, 0.6) is 0 Å². The average molecular weight is 249 g/mol. The number of nitrogens with one attached hydrogen (secondary N) is 2. The van der Waals surface area contributed by atoms with Gasteiger partial charge in [0.15, 0.2) is 0 Å². The number of benzene rings is 1. The Labute approximate surface area is 105 Å². The van der Waals surface area contributed by atoms with Gasteiger partial charge in [0, 0.05) is 21.1 Å². The number of aliphatic imine (C=N–C) groups is 1. The predicted molar refractivity (Wildman–Crippen MR) is 67.5 cm³/mol. The van der Waals surface area contributed by atoms with Crippen molar-refractivity contribution in [3.8, 4) is 0 Å². The van der Waals surface area contributed by atoms with Crippen molar-refractivity contribution in [1.82, 2.24) is 15.6 Å². The van der Waals surface area contributed by atoms with Gasteiger partial charge in [-0.15, -0.1) is 5.53 Å². The molecule has 0 atom stereocenters. The Morgan fingerprint density at radius 2 is 2.11 bits per heavy atom. The second kappa shape index (κ2) is 4.92. The fourth-order valence-corrected chi connectivity index (χ4v) is 1.52. The van der Waals surface area contributed by atoms with Gasteiger partial charge in [0.2, 0.25) is 0 Å². The monoisotopic (exact) mass is 249 g/mol. The first-order chi connectivity index (χ1) is 8.63. The van der Waals surface area contributed by atoms with E-state index in [2.05, 4.69) is 16.0 Å². The fraction of sp³-hybridized carbons (Fsp3) is 0.273. The zero-order valence-corrected chi connectivity index (χ0v) is 10.5. The van der Waals surface area contributed by atoms with Gasteiger partial charge in [0.1, 0.15) is 0 Å². The highest BCUT2D eigenvalue weighted by atomic mass is 16.7. The maximum Gasteiger partial charge on any atom is 0.316 e. The van der Waals surface area contributed by atoms with E-state index < -0.39 is 0 Å². The average Bonchev–Trinajstić information content (AvgIpc) is 2.38. The molecule has 96 valence electrons. The van der Waals surface area contributed by atoms with Crippen molar-refractivity contribution >= 4 is 17.6 Å². The standard InChI is InChI=1S/C11H15N5O2/c1-12-11(15(2)3)18-16-10(17)8-6-4-5-7-9(8)13-14-16/h4-7,13-14H,1-3H3/b12-11-. The molecule has 0 saturated carbocycles. The summed E-state index contributed by atoms with van der Waals surface area (Å²) in [7, 11) is 5.14. The Hall–Kier alpha value is -2.28. The minimum atomic E-state index is -0.285. The number of anilines is 1. The number of amidine groups is 1. The molecule has 0 aromatic heterocycles. The van der Waals surface area contributed by atoms with Crippen molar-refractivity contribution in [1.29, 1.82) is 0 Å². The molecular weight excluding hydrogens is 234 g/mol. The Bertz CT molecular complexity index is 486. The van der Waals surface area contributed by atoms with Crippen LogP contribution in [-0.4, -0.2) is 43.1 Å². The van der Waals surface area contributed by atoms with Crippen molar-refractivity contribution in [2.75, 3.05) is 26.6 Å². The highest BCUT2D eigenvalue weighted by Crippen LogP contribution is 2.19. The van der Waals surface area contributed by atoms with Gasteiger partial charge < -0.3 is 15.2 Å². The number of carbonyl (C=O) groups excluding carboxylic acids is 1. The number of hydroxylamine groups is 1. The Kier molecular flexibility index (Phi) is 3.33. The molecule has 0 radical (unpaired) electrons. The van der Waals surface area contributed by atoms with E-state index in [1.165, 1.54) is 0 Å². The predicted octanol–water partition coefficient (Wildman–Crippen LogP) is 0.453. The first-order valence-electron chi connectivity index (χ1n) is 5.40. The molecular formula is C11H15N5O2. The summed E-state index contributed by atoms with van der Waals surface area (Å²) in [4.78, 5) is 23.1. The number of amides is 1. The van der Waals surface area contributed by atoms with Crippen molar-refractivity contribution in [2.24, 2.45) is 4.99 Å². The first kappa shape index (κ1) is 12.2. The summed E-state index contributed by atoms with van der Waals surface area (Å²) < 4.78 is 0. The van der Waals surface area contributed by atoms with Gasteiger partial charge in [-0.3, -0.25) is 4.79 Å². The number of fused-ring (bicyclic) bond motifs is 1. The second-order valence-corrected chi connectivity index (χ2v) is 3.87. The highest BCUT2D eigenvalue weighted by Gasteiger charge is 2.26. The summed E-state index contributed by atoms with van der Waals surface area (Å²) >= 11 is 0. The molecule has 7 nitrogen and oxygen atoms in total. The Morgan fingerprint density at radius 1 is 1.39 bits per heavy atom. The largest absolute Gasteiger partial charge is 0.331 e. The van der Waals surface area contributed by atoms with E-state index in [-0.39, 0.29) is 5.91 Å². The molecule has 1 aromatic rings. The summed E-state index contributed by atoms with van der Waals surface area (Å²) in [5.41, 5.74) is 6.76. The summed E-state index contributed by atoms with van der Waals surface area (Å²) in [6.45, 7) is 0. The number of hydrazine groups is 2. The molecule has 7 heteroatoms. The van der Waals surface area contributed by atoms with Crippen LogP contribution in [0.25, 0.3) is 0 Å². The number of rotatable bonds is 1. The van der Waals surface area contributed by atoms with Crippen LogP contribution in [0.4, 0.5) is 5.69 Å². The molecule has 0 saturated heterocycles. The molecule has 0 bridgehead atoms. The van der Waals surface area contributed by atoms with Crippen LogP contribution in [0.2, 0.25) is 0 Å². The fourth-order valence-electron chi connectivity index (χ4n) is 1.52. The van der Waals surface area contributed by atoms with E-state index >= 15 is 0 Å². The molecule has 1 aliphatic rings. The molecule has 0 aliphatic carbocycles. The van der Waals surface area contributed by atoms with Crippen molar-refractivity contribution < 1.29 is 9.63 Å². The molecule has 18 heavy (non-hydrogen) atoms. The Morgan fingerprint density at radius 3 is 2.78 bits per heavy atom. The smallest absolute Gasteiger partial charge is 0.316 e. The topological polar surface area (TPSA) is 69.2 Å². The van der Waals surface area contributed by atoms with Crippen molar-refractivity contribution in [3.63, 3.8) is 0 Å². The van der Waals surface area contributed by atoms with E-state index in [1.54, 1.807) is 44.2 Å². The molecule has 2 N–H and O–H groups in total. The van der Waals surface area contributed by atoms with Crippen molar-refractivity contribution in [2.45, 2.75) is 0 Å². The first-order valence-corrected chi connectivity index (χ1v) is 5.40. The number of hydrogen-bond acceptors (Lipinski definition) is 5. The lowest BCUT2D eigenvalue weighted by atomic mass is 10.1. The number of para-hydroxylation sites is 1. The van der Waals surface area contributed by atoms with Gasteiger partial charge in [-0.05, 0) is 12.1 Å². The molecule has 1 heterocycles. The second-order valence-electron chi connectivity index (χ2n) is 3.87. The molecule has 0 spiro atoms. The van der Waals surface area contributed by atoms with Gasteiger partial charge in [0.05, 0.1) is 11.3 Å². The van der Waals surface area contributed by atoms with Crippen LogP contribution in [0.3, 0.4) is 0 Å². The minimum absolute atomic E-state index is 0.285. The summed E-state index contributed by atoms with van der Waals surface area (Å²) in [6, 6.07) is 7.48. The van der Waals surface area contributed by atoms with Crippen LogP contribution in [0.1, 0.15) is 10.4 Å². The van der Waals surface area contributed by atoms with Crippen LogP contribution < -0.4 is 11.0 Å².